The molecule has 1 aliphatic rings. The molecule has 0 saturated carbocycles. The van der Waals surface area contributed by atoms with E-state index in [1.54, 1.807) is 36.9 Å². The Morgan fingerprint density at radius 1 is 1.07 bits per heavy atom. The van der Waals surface area contributed by atoms with Crippen molar-refractivity contribution in [3.8, 4) is 11.4 Å². The van der Waals surface area contributed by atoms with Gasteiger partial charge in [0.15, 0.2) is 11.5 Å². The number of carbonyl (C=O) groups excluding carboxylic acids is 2. The Bertz CT molecular complexity index is 1920. The summed E-state index contributed by atoms with van der Waals surface area (Å²) in [5.41, 5.74) is 2.71. The molecular weight excluding hydrogens is 588 g/mol. The lowest BCUT2D eigenvalue weighted by molar-refractivity contribution is 0.0700. The van der Waals surface area contributed by atoms with Gasteiger partial charge in [0.25, 0.3) is 11.8 Å². The molecule has 11 nitrogen and oxygen atoms in total. The lowest BCUT2D eigenvalue weighted by atomic mass is 10.0. The molecule has 0 radical (unpaired) electrons. The molecular formula is C30H25F2N9O2S. The van der Waals surface area contributed by atoms with Crippen molar-refractivity contribution in [2.45, 2.75) is 18.9 Å². The van der Waals surface area contributed by atoms with Crippen LogP contribution in [0.2, 0.25) is 0 Å². The summed E-state index contributed by atoms with van der Waals surface area (Å²) in [4.78, 5) is 40.4. The molecule has 0 aliphatic carbocycles. The van der Waals surface area contributed by atoms with E-state index in [4.69, 9.17) is 5.10 Å². The fourth-order valence-electron chi connectivity index (χ4n) is 5.03. The number of aromatic nitrogens is 7. The molecule has 1 fully saturated rings. The maximum atomic E-state index is 13.5. The van der Waals surface area contributed by atoms with E-state index >= 15 is 0 Å². The van der Waals surface area contributed by atoms with Crippen LogP contribution < -0.4 is 5.32 Å². The third-order valence-corrected chi connectivity index (χ3v) is 7.88. The summed E-state index contributed by atoms with van der Waals surface area (Å²) in [6.07, 6.45) is 10.1. The average Bonchev–Trinajstić information content (AvgIpc) is 3.79. The van der Waals surface area contributed by atoms with Crippen LogP contribution in [-0.2, 0) is 0 Å². The third-order valence-electron chi connectivity index (χ3n) is 7.15. The van der Waals surface area contributed by atoms with Crippen molar-refractivity contribution in [3.05, 3.63) is 108 Å². The fraction of sp³-hybridized carbons (Fsp3) is 0.167. The highest BCUT2D eigenvalue weighted by Gasteiger charge is 2.28. The first-order chi connectivity index (χ1) is 21.3. The van der Waals surface area contributed by atoms with Crippen molar-refractivity contribution in [1.29, 1.82) is 0 Å². The molecule has 0 atom stereocenters. The predicted octanol–water partition coefficient (Wildman–Crippen LogP) is 5.37. The molecule has 0 bridgehead atoms. The minimum absolute atomic E-state index is 0.000529. The number of nitrogens with zero attached hydrogens (tertiary/aromatic N) is 8. The minimum Gasteiger partial charge on any atom is -0.338 e. The van der Waals surface area contributed by atoms with Crippen LogP contribution in [0.3, 0.4) is 0 Å². The largest absolute Gasteiger partial charge is 0.338 e. The van der Waals surface area contributed by atoms with Gasteiger partial charge in [-0.1, -0.05) is 19.2 Å². The number of hydrogen-bond donors (Lipinski definition) is 1. The Kier molecular flexibility index (Phi) is 7.89. The van der Waals surface area contributed by atoms with E-state index in [1.165, 1.54) is 40.5 Å². The average molecular weight is 614 g/mol. The lowest BCUT2D eigenvalue weighted by Crippen LogP contribution is -2.38. The molecule has 0 unspecified atom stereocenters. The van der Waals surface area contributed by atoms with Crippen molar-refractivity contribution in [1.82, 2.24) is 38.4 Å². The molecule has 0 spiro atoms. The Morgan fingerprint density at radius 3 is 2.61 bits per heavy atom. The summed E-state index contributed by atoms with van der Waals surface area (Å²) < 4.78 is 34.5. The van der Waals surface area contributed by atoms with Crippen molar-refractivity contribution < 1.29 is 18.4 Å². The first kappa shape index (κ1) is 28.7. The highest BCUT2D eigenvalue weighted by Crippen LogP contribution is 2.34. The molecule has 6 rings (SSSR count). The second-order valence-corrected chi connectivity index (χ2v) is 10.9. The molecule has 1 N–H and O–H groups in total. The van der Waals surface area contributed by atoms with Crippen LogP contribution in [0, 0.1) is 5.95 Å². The summed E-state index contributed by atoms with van der Waals surface area (Å²) in [5, 5.41) is 7.40. The zero-order valence-electron chi connectivity index (χ0n) is 23.2. The summed E-state index contributed by atoms with van der Waals surface area (Å²) in [6, 6.07) is 7.66. The number of imidazole rings is 2. The minimum atomic E-state index is -0.768. The number of amides is 2. The van der Waals surface area contributed by atoms with Gasteiger partial charge in [-0.25, -0.2) is 28.2 Å². The molecule has 14 heteroatoms. The van der Waals surface area contributed by atoms with Gasteiger partial charge in [-0.05, 0) is 60.3 Å². The quantitative estimate of drug-likeness (QED) is 0.185. The van der Waals surface area contributed by atoms with Gasteiger partial charge in [-0.3, -0.25) is 9.59 Å². The predicted molar refractivity (Wildman–Crippen MR) is 161 cm³/mol. The van der Waals surface area contributed by atoms with Crippen LogP contribution in [0.1, 0.15) is 44.6 Å². The number of pyridine rings is 1. The van der Waals surface area contributed by atoms with Crippen LogP contribution in [0.4, 0.5) is 14.6 Å². The maximum absolute atomic E-state index is 13.5. The summed E-state index contributed by atoms with van der Waals surface area (Å²) in [5.74, 6) is -1.75. The van der Waals surface area contributed by atoms with Crippen molar-refractivity contribution in [3.63, 3.8) is 0 Å². The standard InChI is InChI=1S/C30H25F2N9O2S/c1-18(3-4-19(2)31)27-28(40(17-34-27)21-9-13-39(14-10-21)30(43)23-8-12-35-44-23)22-5-6-26-36-25(16-41(26)38-22)37-29(42)20-7-11-33-24(32)15-20/h3-8,11-12,15-17,21H,1-2,9-10,13-14H2,(H,37,42)/b4-3-. The number of carbonyl (C=O) groups is 2. The number of fused-ring (bicyclic) bond motifs is 1. The second kappa shape index (κ2) is 12.1. The maximum Gasteiger partial charge on any atom is 0.265 e. The van der Waals surface area contributed by atoms with E-state index in [0.717, 1.165) is 6.07 Å². The zero-order chi connectivity index (χ0) is 30.8. The Balaban J connectivity index is 1.30. The SMILES string of the molecule is C=C(F)/C=C\C(=C)c1ncn(C2CCN(C(=O)c3ccns3)CC2)c1-c1ccc2nc(NC(=O)c3ccnc(F)c3)cn2n1. The smallest absolute Gasteiger partial charge is 0.265 e. The van der Waals surface area contributed by atoms with Gasteiger partial charge in [0.2, 0.25) is 5.95 Å². The van der Waals surface area contributed by atoms with Crippen LogP contribution in [0.25, 0.3) is 22.6 Å². The van der Waals surface area contributed by atoms with Crippen LogP contribution in [0.5, 0.6) is 0 Å². The van der Waals surface area contributed by atoms with Crippen molar-refractivity contribution in [2.24, 2.45) is 0 Å². The van der Waals surface area contributed by atoms with Crippen LogP contribution in [0.15, 0.2) is 86.4 Å². The monoisotopic (exact) mass is 613 g/mol. The third kappa shape index (κ3) is 5.92. The number of piperidine rings is 1. The van der Waals surface area contributed by atoms with Crippen LogP contribution in [-0.4, -0.2) is 63.3 Å². The summed E-state index contributed by atoms with van der Waals surface area (Å²) >= 11 is 1.18. The lowest BCUT2D eigenvalue weighted by Gasteiger charge is -2.33. The first-order valence-corrected chi connectivity index (χ1v) is 14.3. The molecule has 6 heterocycles. The van der Waals surface area contributed by atoms with Gasteiger partial charge in [0.05, 0.1) is 23.9 Å². The normalized spacial score (nSPS) is 13.9. The van der Waals surface area contributed by atoms with E-state index in [-0.39, 0.29) is 23.3 Å². The van der Waals surface area contributed by atoms with E-state index < -0.39 is 17.7 Å². The van der Waals surface area contributed by atoms with Gasteiger partial charge in [0.1, 0.15) is 16.4 Å². The summed E-state index contributed by atoms with van der Waals surface area (Å²) in [6.45, 7) is 8.46. The second-order valence-electron chi connectivity index (χ2n) is 10.0. The molecule has 0 aromatic carbocycles. The molecule has 2 amide bonds. The Labute approximate surface area is 254 Å². The number of anilines is 1. The number of likely N-dealkylation sites (tertiary alicyclic amines) is 1. The molecule has 1 saturated heterocycles. The number of nitrogens with one attached hydrogen (secondary N) is 1. The fourth-order valence-corrected chi connectivity index (χ4v) is 5.59. The molecule has 44 heavy (non-hydrogen) atoms. The van der Waals surface area contributed by atoms with Gasteiger partial charge >= 0.3 is 0 Å². The number of allylic oxidation sites excluding steroid dienone is 4. The summed E-state index contributed by atoms with van der Waals surface area (Å²) in [7, 11) is 0. The highest BCUT2D eigenvalue weighted by molar-refractivity contribution is 7.08. The highest BCUT2D eigenvalue weighted by atomic mass is 32.1. The number of halogens is 2. The number of hydrogen-bond acceptors (Lipinski definition) is 8. The zero-order valence-corrected chi connectivity index (χ0v) is 24.0. The number of rotatable bonds is 8. The topological polar surface area (TPSA) is 123 Å². The van der Waals surface area contributed by atoms with E-state index in [1.807, 2.05) is 9.47 Å². The molecule has 5 aromatic rings. The van der Waals surface area contributed by atoms with E-state index in [9.17, 15) is 18.4 Å². The Hall–Kier alpha value is -5.37. The van der Waals surface area contributed by atoms with Gasteiger partial charge < -0.3 is 14.8 Å². The van der Waals surface area contributed by atoms with Gasteiger partial charge in [0, 0.05) is 43.2 Å². The molecule has 1 aliphatic heterocycles. The van der Waals surface area contributed by atoms with Gasteiger partial charge in [-0.15, -0.1) is 0 Å². The first-order valence-electron chi connectivity index (χ1n) is 13.5. The van der Waals surface area contributed by atoms with Crippen molar-refractivity contribution >= 4 is 40.4 Å². The Morgan fingerprint density at radius 2 is 1.89 bits per heavy atom. The van der Waals surface area contributed by atoms with E-state index in [2.05, 4.69) is 37.8 Å². The van der Waals surface area contributed by atoms with Gasteiger partial charge in [-0.2, -0.15) is 9.49 Å². The molecule has 5 aromatic heterocycles. The van der Waals surface area contributed by atoms with Crippen molar-refractivity contribution in [2.75, 3.05) is 18.4 Å². The van der Waals surface area contributed by atoms with Crippen LogP contribution >= 0.6 is 11.5 Å². The van der Waals surface area contributed by atoms with E-state index in [0.29, 0.717) is 59.1 Å². The molecule has 222 valence electrons.